The Bertz CT molecular complexity index is 449. The van der Waals surface area contributed by atoms with E-state index in [0.717, 1.165) is 16.9 Å². The molecule has 15 heavy (non-hydrogen) atoms. The van der Waals surface area contributed by atoms with E-state index in [1.807, 2.05) is 22.3 Å². The molecule has 2 aromatic heterocycles. The van der Waals surface area contributed by atoms with E-state index in [0.29, 0.717) is 0 Å². The maximum atomic E-state index is 5.95. The van der Waals surface area contributed by atoms with E-state index in [4.69, 9.17) is 5.73 Å². The number of aromatic nitrogens is 2. The fourth-order valence-electron chi connectivity index (χ4n) is 1.35. The molecule has 3 nitrogen and oxygen atoms in total. The van der Waals surface area contributed by atoms with Gasteiger partial charge in [-0.15, -0.1) is 0 Å². The van der Waals surface area contributed by atoms with Crippen molar-refractivity contribution in [3.05, 3.63) is 23.0 Å². The molecule has 0 aliphatic rings. The minimum Gasteiger partial charge on any atom is -0.396 e. The lowest BCUT2D eigenvalue weighted by atomic mass is 10.1. The van der Waals surface area contributed by atoms with Gasteiger partial charge in [0.05, 0.1) is 11.2 Å². The van der Waals surface area contributed by atoms with Crippen LogP contribution in [-0.4, -0.2) is 9.78 Å². The SMILES string of the molecule is CC(C)(C)n1cc(N)c(-c2ccsc2)n1. The Kier molecular flexibility index (Phi) is 2.31. The molecule has 0 aliphatic carbocycles. The zero-order valence-electron chi connectivity index (χ0n) is 9.19. The summed E-state index contributed by atoms with van der Waals surface area (Å²) >= 11 is 1.66. The summed E-state index contributed by atoms with van der Waals surface area (Å²) in [5.74, 6) is 0. The molecule has 0 radical (unpaired) electrons. The maximum Gasteiger partial charge on any atom is 0.116 e. The summed E-state index contributed by atoms with van der Waals surface area (Å²) in [5, 5.41) is 8.62. The monoisotopic (exact) mass is 221 g/mol. The van der Waals surface area contributed by atoms with Gasteiger partial charge in [-0.05, 0) is 32.2 Å². The van der Waals surface area contributed by atoms with Gasteiger partial charge in [-0.1, -0.05) is 0 Å². The second kappa shape index (κ2) is 3.38. The molecule has 0 saturated heterocycles. The van der Waals surface area contributed by atoms with Gasteiger partial charge in [-0.25, -0.2) is 0 Å². The average Bonchev–Trinajstić information content (AvgIpc) is 2.69. The lowest BCUT2D eigenvalue weighted by Gasteiger charge is -2.18. The largest absolute Gasteiger partial charge is 0.396 e. The molecule has 0 unspecified atom stereocenters. The first-order valence-electron chi connectivity index (χ1n) is 4.86. The van der Waals surface area contributed by atoms with E-state index < -0.39 is 0 Å². The van der Waals surface area contributed by atoms with E-state index >= 15 is 0 Å². The van der Waals surface area contributed by atoms with Crippen molar-refractivity contribution >= 4 is 17.0 Å². The van der Waals surface area contributed by atoms with Crippen LogP contribution in [0.3, 0.4) is 0 Å². The molecular formula is C11H15N3S. The van der Waals surface area contributed by atoms with Crippen molar-refractivity contribution in [3.63, 3.8) is 0 Å². The average molecular weight is 221 g/mol. The summed E-state index contributed by atoms with van der Waals surface area (Å²) in [6.07, 6.45) is 1.90. The van der Waals surface area contributed by atoms with Crippen LogP contribution in [-0.2, 0) is 5.54 Å². The Morgan fingerprint density at radius 2 is 2.13 bits per heavy atom. The van der Waals surface area contributed by atoms with Crippen molar-refractivity contribution in [3.8, 4) is 11.3 Å². The van der Waals surface area contributed by atoms with Gasteiger partial charge in [0, 0.05) is 17.1 Å². The van der Waals surface area contributed by atoms with Crippen LogP contribution in [0.4, 0.5) is 5.69 Å². The third-order valence-electron chi connectivity index (χ3n) is 2.22. The highest BCUT2D eigenvalue weighted by Crippen LogP contribution is 2.28. The van der Waals surface area contributed by atoms with E-state index in [-0.39, 0.29) is 5.54 Å². The lowest BCUT2D eigenvalue weighted by Crippen LogP contribution is -2.22. The number of rotatable bonds is 1. The van der Waals surface area contributed by atoms with Gasteiger partial charge in [0.2, 0.25) is 0 Å². The summed E-state index contributed by atoms with van der Waals surface area (Å²) in [5.41, 5.74) is 8.64. The Balaban J connectivity index is 2.47. The fraction of sp³-hybridized carbons (Fsp3) is 0.364. The molecule has 0 amide bonds. The Morgan fingerprint density at radius 3 is 2.60 bits per heavy atom. The highest BCUT2D eigenvalue weighted by atomic mass is 32.1. The Labute approximate surface area is 93.5 Å². The predicted molar refractivity (Wildman–Crippen MR) is 64.9 cm³/mol. The molecule has 0 aromatic carbocycles. The van der Waals surface area contributed by atoms with Crippen molar-refractivity contribution in [2.24, 2.45) is 0 Å². The number of hydrogen-bond acceptors (Lipinski definition) is 3. The Hall–Kier alpha value is -1.29. The second-order valence-corrected chi connectivity index (χ2v) is 5.34. The minimum absolute atomic E-state index is 0.0254. The quantitative estimate of drug-likeness (QED) is 0.804. The highest BCUT2D eigenvalue weighted by Gasteiger charge is 2.17. The highest BCUT2D eigenvalue weighted by molar-refractivity contribution is 7.08. The van der Waals surface area contributed by atoms with E-state index in [1.54, 1.807) is 11.3 Å². The topological polar surface area (TPSA) is 43.8 Å². The molecule has 2 N–H and O–H groups in total. The number of thiophene rings is 1. The van der Waals surface area contributed by atoms with Crippen LogP contribution in [0.25, 0.3) is 11.3 Å². The maximum absolute atomic E-state index is 5.95. The molecule has 2 rings (SSSR count). The smallest absolute Gasteiger partial charge is 0.116 e. The molecule has 0 atom stereocenters. The predicted octanol–water partition coefficient (Wildman–Crippen LogP) is 2.95. The van der Waals surface area contributed by atoms with Crippen LogP contribution < -0.4 is 5.73 Å². The number of nitrogens with two attached hydrogens (primary N) is 1. The third kappa shape index (κ3) is 1.90. The zero-order chi connectivity index (χ0) is 11.1. The van der Waals surface area contributed by atoms with Crippen LogP contribution in [0.15, 0.2) is 23.0 Å². The van der Waals surface area contributed by atoms with Gasteiger partial charge in [-0.3, -0.25) is 4.68 Å². The number of nitrogens with zero attached hydrogens (tertiary/aromatic N) is 2. The molecule has 0 fully saturated rings. The van der Waals surface area contributed by atoms with E-state index in [9.17, 15) is 0 Å². The van der Waals surface area contributed by atoms with E-state index in [2.05, 4.69) is 31.2 Å². The van der Waals surface area contributed by atoms with Gasteiger partial charge in [0.15, 0.2) is 0 Å². The van der Waals surface area contributed by atoms with Crippen molar-refractivity contribution in [2.75, 3.05) is 5.73 Å². The third-order valence-corrected chi connectivity index (χ3v) is 2.91. The van der Waals surface area contributed by atoms with Crippen LogP contribution in [0, 0.1) is 0 Å². The summed E-state index contributed by atoms with van der Waals surface area (Å²) in [4.78, 5) is 0. The molecule has 0 bridgehead atoms. The summed E-state index contributed by atoms with van der Waals surface area (Å²) in [7, 11) is 0. The van der Waals surface area contributed by atoms with E-state index in [1.165, 1.54) is 0 Å². The van der Waals surface area contributed by atoms with Crippen molar-refractivity contribution in [2.45, 2.75) is 26.3 Å². The van der Waals surface area contributed by atoms with Gasteiger partial charge in [-0.2, -0.15) is 16.4 Å². The van der Waals surface area contributed by atoms with Gasteiger partial charge < -0.3 is 5.73 Å². The molecule has 2 aromatic rings. The van der Waals surface area contributed by atoms with Gasteiger partial charge >= 0.3 is 0 Å². The molecular weight excluding hydrogens is 206 g/mol. The lowest BCUT2D eigenvalue weighted by molar-refractivity contribution is 0.356. The first-order chi connectivity index (χ1) is 6.98. The normalized spacial score (nSPS) is 11.9. The van der Waals surface area contributed by atoms with Crippen molar-refractivity contribution < 1.29 is 0 Å². The van der Waals surface area contributed by atoms with Crippen LogP contribution in [0.1, 0.15) is 20.8 Å². The number of anilines is 1. The van der Waals surface area contributed by atoms with Crippen LogP contribution in [0.5, 0.6) is 0 Å². The van der Waals surface area contributed by atoms with Crippen LogP contribution >= 0.6 is 11.3 Å². The summed E-state index contributed by atoms with van der Waals surface area (Å²) < 4.78 is 1.91. The van der Waals surface area contributed by atoms with Crippen LogP contribution in [0.2, 0.25) is 0 Å². The zero-order valence-corrected chi connectivity index (χ0v) is 10.0. The summed E-state index contributed by atoms with van der Waals surface area (Å²) in [6.45, 7) is 6.32. The molecule has 0 aliphatic heterocycles. The van der Waals surface area contributed by atoms with Crippen molar-refractivity contribution in [1.29, 1.82) is 0 Å². The first-order valence-corrected chi connectivity index (χ1v) is 5.81. The first kappa shape index (κ1) is 10.2. The molecule has 0 spiro atoms. The number of hydrogen-bond donors (Lipinski definition) is 1. The van der Waals surface area contributed by atoms with Gasteiger partial charge in [0.1, 0.15) is 5.69 Å². The second-order valence-electron chi connectivity index (χ2n) is 4.56. The molecule has 4 heteroatoms. The number of nitrogen functional groups attached to an aromatic ring is 1. The fourth-order valence-corrected chi connectivity index (χ4v) is 2.00. The molecule has 0 saturated carbocycles. The molecule has 2 heterocycles. The van der Waals surface area contributed by atoms with Gasteiger partial charge in [0.25, 0.3) is 0 Å². The minimum atomic E-state index is -0.0254. The summed E-state index contributed by atoms with van der Waals surface area (Å²) in [6, 6.07) is 2.04. The standard InChI is InChI=1S/C11H15N3S/c1-11(2,3)14-6-9(12)10(13-14)8-4-5-15-7-8/h4-7H,12H2,1-3H3. The Morgan fingerprint density at radius 1 is 1.40 bits per heavy atom. The van der Waals surface area contributed by atoms with Crippen molar-refractivity contribution in [1.82, 2.24) is 9.78 Å². The molecule has 80 valence electrons.